The normalized spacial score (nSPS) is 18.8. The van der Waals surface area contributed by atoms with E-state index in [9.17, 15) is 4.79 Å². The summed E-state index contributed by atoms with van der Waals surface area (Å²) in [6.45, 7) is 2.61. The van der Waals surface area contributed by atoms with E-state index < -0.39 is 0 Å². The topological polar surface area (TPSA) is 47.6 Å². The summed E-state index contributed by atoms with van der Waals surface area (Å²) >= 11 is 0. The van der Waals surface area contributed by atoms with Crippen molar-refractivity contribution in [1.82, 2.24) is 5.32 Å². The molecule has 0 saturated carbocycles. The van der Waals surface area contributed by atoms with Gasteiger partial charge < -0.3 is 14.8 Å². The SMILES string of the molecule is CCOC(=O)NC1COc2ccc(CP)cc2C1Cc1ccccc1. The lowest BCUT2D eigenvalue weighted by molar-refractivity contribution is 0.135. The van der Waals surface area contributed by atoms with Crippen LogP contribution in [0.2, 0.25) is 0 Å². The van der Waals surface area contributed by atoms with E-state index in [0.29, 0.717) is 13.2 Å². The van der Waals surface area contributed by atoms with Gasteiger partial charge >= 0.3 is 6.09 Å². The van der Waals surface area contributed by atoms with Gasteiger partial charge in [0.2, 0.25) is 0 Å². The van der Waals surface area contributed by atoms with Crippen molar-refractivity contribution in [3.63, 3.8) is 0 Å². The number of amides is 1. The van der Waals surface area contributed by atoms with Crippen LogP contribution in [0.1, 0.15) is 29.5 Å². The minimum Gasteiger partial charge on any atom is -0.491 e. The van der Waals surface area contributed by atoms with Crippen molar-refractivity contribution in [1.29, 1.82) is 0 Å². The summed E-state index contributed by atoms with van der Waals surface area (Å²) in [7, 11) is 2.75. The van der Waals surface area contributed by atoms with Crippen LogP contribution in [0.3, 0.4) is 0 Å². The Morgan fingerprint density at radius 1 is 1.24 bits per heavy atom. The van der Waals surface area contributed by atoms with Gasteiger partial charge in [0.1, 0.15) is 12.4 Å². The fraction of sp³-hybridized carbons (Fsp3) is 0.350. The van der Waals surface area contributed by atoms with Crippen molar-refractivity contribution < 1.29 is 14.3 Å². The lowest BCUT2D eigenvalue weighted by Gasteiger charge is -2.34. The van der Waals surface area contributed by atoms with Crippen LogP contribution in [0.5, 0.6) is 5.75 Å². The van der Waals surface area contributed by atoms with Gasteiger partial charge in [0.25, 0.3) is 0 Å². The molecule has 5 heteroatoms. The quantitative estimate of drug-likeness (QED) is 0.826. The van der Waals surface area contributed by atoms with Crippen molar-refractivity contribution in [3.05, 3.63) is 65.2 Å². The van der Waals surface area contributed by atoms with Crippen molar-refractivity contribution in [2.45, 2.75) is 31.5 Å². The Morgan fingerprint density at radius 2 is 2.04 bits per heavy atom. The minimum absolute atomic E-state index is 0.119. The molecule has 0 radical (unpaired) electrons. The van der Waals surface area contributed by atoms with Gasteiger partial charge in [-0.3, -0.25) is 0 Å². The maximum absolute atomic E-state index is 12.0. The summed E-state index contributed by atoms with van der Waals surface area (Å²) in [5, 5.41) is 2.98. The lowest BCUT2D eigenvalue weighted by atomic mass is 9.83. The number of ether oxygens (including phenoxy) is 2. The van der Waals surface area contributed by atoms with E-state index in [4.69, 9.17) is 9.47 Å². The maximum atomic E-state index is 12.0. The Bertz CT molecular complexity index is 720. The highest BCUT2D eigenvalue weighted by Gasteiger charge is 2.32. The smallest absolute Gasteiger partial charge is 0.407 e. The monoisotopic (exact) mass is 357 g/mol. The van der Waals surface area contributed by atoms with Crippen LogP contribution >= 0.6 is 9.24 Å². The highest BCUT2D eigenvalue weighted by molar-refractivity contribution is 7.15. The van der Waals surface area contributed by atoms with Crippen molar-refractivity contribution in [2.75, 3.05) is 13.2 Å². The largest absolute Gasteiger partial charge is 0.491 e. The van der Waals surface area contributed by atoms with Gasteiger partial charge in [0.15, 0.2) is 0 Å². The molecule has 25 heavy (non-hydrogen) atoms. The number of benzene rings is 2. The van der Waals surface area contributed by atoms with Gasteiger partial charge in [0.05, 0.1) is 12.6 Å². The molecule has 0 aromatic heterocycles. The average molecular weight is 357 g/mol. The zero-order chi connectivity index (χ0) is 17.6. The first-order valence-electron chi connectivity index (χ1n) is 8.64. The molecule has 1 amide bonds. The molecule has 132 valence electrons. The number of hydrogen-bond acceptors (Lipinski definition) is 3. The Hall–Kier alpha value is -2.06. The first-order valence-corrected chi connectivity index (χ1v) is 9.45. The zero-order valence-corrected chi connectivity index (χ0v) is 15.6. The Morgan fingerprint density at radius 3 is 2.76 bits per heavy atom. The molecule has 1 aliphatic rings. The number of carbonyl (C=O) groups is 1. The van der Waals surface area contributed by atoms with E-state index in [-0.39, 0.29) is 18.1 Å². The number of rotatable bonds is 5. The third-order valence-corrected chi connectivity index (χ3v) is 4.96. The fourth-order valence-electron chi connectivity index (χ4n) is 3.25. The highest BCUT2D eigenvalue weighted by Crippen LogP contribution is 2.37. The lowest BCUT2D eigenvalue weighted by Crippen LogP contribution is -2.46. The fourth-order valence-corrected chi connectivity index (χ4v) is 3.50. The Labute approximate surface area is 151 Å². The number of hydrogen-bond donors (Lipinski definition) is 1. The minimum atomic E-state index is -0.389. The van der Waals surface area contributed by atoms with Gasteiger partial charge in [-0.15, -0.1) is 9.24 Å². The summed E-state index contributed by atoms with van der Waals surface area (Å²) in [5.74, 6) is 1.05. The molecule has 0 spiro atoms. The second-order valence-electron chi connectivity index (χ2n) is 6.15. The van der Waals surface area contributed by atoms with Gasteiger partial charge in [0, 0.05) is 11.5 Å². The number of nitrogens with one attached hydrogen (secondary N) is 1. The van der Waals surface area contributed by atoms with Crippen LogP contribution in [0.4, 0.5) is 4.79 Å². The van der Waals surface area contributed by atoms with Crippen molar-refractivity contribution in [3.8, 4) is 5.75 Å². The molecule has 0 fully saturated rings. The van der Waals surface area contributed by atoms with Crippen LogP contribution in [-0.4, -0.2) is 25.3 Å². The van der Waals surface area contributed by atoms with E-state index in [0.717, 1.165) is 23.9 Å². The van der Waals surface area contributed by atoms with Gasteiger partial charge in [-0.25, -0.2) is 4.79 Å². The first-order chi connectivity index (χ1) is 12.2. The summed E-state index contributed by atoms with van der Waals surface area (Å²) in [5.41, 5.74) is 3.63. The summed E-state index contributed by atoms with van der Waals surface area (Å²) in [6.07, 6.45) is 1.34. The third-order valence-electron chi connectivity index (χ3n) is 4.49. The zero-order valence-electron chi connectivity index (χ0n) is 14.4. The molecule has 3 rings (SSSR count). The molecule has 4 nitrogen and oxygen atoms in total. The summed E-state index contributed by atoms with van der Waals surface area (Å²) < 4.78 is 11.0. The van der Waals surface area contributed by atoms with E-state index in [2.05, 4.69) is 38.8 Å². The predicted octanol–water partition coefficient (Wildman–Crippen LogP) is 3.90. The highest BCUT2D eigenvalue weighted by atomic mass is 31.0. The van der Waals surface area contributed by atoms with Crippen LogP contribution in [0, 0.1) is 0 Å². The van der Waals surface area contributed by atoms with Crippen LogP contribution in [0.15, 0.2) is 48.5 Å². The average Bonchev–Trinajstić information content (AvgIpc) is 2.64. The van der Waals surface area contributed by atoms with E-state index in [1.54, 1.807) is 6.92 Å². The van der Waals surface area contributed by atoms with Crippen molar-refractivity contribution >= 4 is 15.3 Å². The van der Waals surface area contributed by atoms with Gasteiger partial charge in [-0.2, -0.15) is 0 Å². The first kappa shape index (κ1) is 17.8. The molecule has 3 atom stereocenters. The molecule has 0 aliphatic carbocycles. The standard InChI is InChI=1S/C20H24NO3P/c1-2-23-20(22)21-18-12-24-19-9-8-15(13-25)11-17(19)16(18)10-14-6-4-3-5-7-14/h3-9,11,16,18H,2,10,12-13,25H2,1H3,(H,21,22). The Kier molecular flexibility index (Phi) is 5.93. The maximum Gasteiger partial charge on any atom is 0.407 e. The molecule has 0 bridgehead atoms. The second-order valence-corrected chi connectivity index (χ2v) is 6.56. The molecular weight excluding hydrogens is 333 g/mol. The molecule has 2 aromatic carbocycles. The predicted molar refractivity (Wildman–Crippen MR) is 102 cm³/mol. The number of fused-ring (bicyclic) bond motifs is 1. The molecule has 1 heterocycles. The van der Waals surface area contributed by atoms with E-state index in [1.165, 1.54) is 11.1 Å². The van der Waals surface area contributed by atoms with Crippen LogP contribution in [0.25, 0.3) is 0 Å². The van der Waals surface area contributed by atoms with Gasteiger partial charge in [-0.1, -0.05) is 42.5 Å². The van der Waals surface area contributed by atoms with E-state index >= 15 is 0 Å². The summed E-state index contributed by atoms with van der Waals surface area (Å²) in [6, 6.07) is 16.5. The third kappa shape index (κ3) is 4.32. The van der Waals surface area contributed by atoms with Crippen LogP contribution < -0.4 is 10.1 Å². The van der Waals surface area contributed by atoms with Crippen molar-refractivity contribution in [2.24, 2.45) is 0 Å². The molecule has 1 aliphatic heterocycles. The molecule has 1 N–H and O–H groups in total. The summed E-state index contributed by atoms with van der Waals surface area (Å²) in [4.78, 5) is 12.0. The van der Waals surface area contributed by atoms with E-state index in [1.807, 2.05) is 24.3 Å². The molecular formula is C20H24NO3P. The van der Waals surface area contributed by atoms with Crippen LogP contribution in [-0.2, 0) is 17.3 Å². The second kappa shape index (κ2) is 8.35. The molecule has 2 aromatic rings. The number of alkyl carbamates (subject to hydrolysis) is 1. The number of carbonyl (C=O) groups excluding carboxylic acids is 1. The molecule has 3 unspecified atom stereocenters. The Balaban J connectivity index is 1.91. The molecule has 0 saturated heterocycles. The van der Waals surface area contributed by atoms with Gasteiger partial charge in [-0.05, 0) is 36.7 Å².